The van der Waals surface area contributed by atoms with Crippen LogP contribution in [0, 0.1) is 6.92 Å². The van der Waals surface area contributed by atoms with Crippen molar-refractivity contribution in [2.24, 2.45) is 0 Å². The minimum absolute atomic E-state index is 0.0595. The molecule has 0 bridgehead atoms. The molecule has 26 heavy (non-hydrogen) atoms. The number of hydrogen-bond acceptors (Lipinski definition) is 4. The number of aryl methyl sites for hydroxylation is 1. The van der Waals surface area contributed by atoms with Crippen LogP contribution in [0.25, 0.3) is 0 Å². The van der Waals surface area contributed by atoms with Crippen LogP contribution in [-0.2, 0) is 4.79 Å². The summed E-state index contributed by atoms with van der Waals surface area (Å²) in [5, 5.41) is 15.1. The van der Waals surface area contributed by atoms with Crippen LogP contribution in [0.2, 0.25) is 10.0 Å². The standard InChI is InChI=1S/C17H14Cl2N2O4S/c1-9-6-11(3-4-13(9)19)25-8-15(22)21-17(26)20-14-5-2-10(18)7-12(14)16(23)24/h2-7H,8H2,1H3,(H,23,24)(H2,20,21,22,26). The number of carboxylic acid groups (broad SMARTS) is 1. The fourth-order valence-corrected chi connectivity index (χ4v) is 2.49. The Morgan fingerprint density at radius 2 is 1.92 bits per heavy atom. The molecule has 0 saturated carbocycles. The number of aromatic carboxylic acids is 1. The van der Waals surface area contributed by atoms with Crippen LogP contribution in [0.4, 0.5) is 5.69 Å². The first-order valence-corrected chi connectivity index (χ1v) is 8.45. The summed E-state index contributed by atoms with van der Waals surface area (Å²) in [6.07, 6.45) is 0. The summed E-state index contributed by atoms with van der Waals surface area (Å²) in [4.78, 5) is 23.1. The van der Waals surface area contributed by atoms with E-state index in [4.69, 9.17) is 40.2 Å². The van der Waals surface area contributed by atoms with E-state index in [9.17, 15) is 14.7 Å². The van der Waals surface area contributed by atoms with Crippen LogP contribution in [0.15, 0.2) is 36.4 Å². The van der Waals surface area contributed by atoms with Crippen molar-refractivity contribution in [1.82, 2.24) is 5.32 Å². The van der Waals surface area contributed by atoms with E-state index in [1.165, 1.54) is 18.2 Å². The highest BCUT2D eigenvalue weighted by Gasteiger charge is 2.13. The molecule has 0 heterocycles. The molecule has 0 radical (unpaired) electrons. The fraction of sp³-hybridized carbons (Fsp3) is 0.118. The van der Waals surface area contributed by atoms with E-state index < -0.39 is 11.9 Å². The number of nitrogens with one attached hydrogen (secondary N) is 2. The van der Waals surface area contributed by atoms with Gasteiger partial charge in [0, 0.05) is 10.0 Å². The van der Waals surface area contributed by atoms with E-state index in [-0.39, 0.29) is 28.0 Å². The molecule has 0 aliphatic heterocycles. The molecule has 2 aromatic rings. The van der Waals surface area contributed by atoms with E-state index in [0.29, 0.717) is 10.8 Å². The first kappa shape index (κ1) is 20.0. The third kappa shape index (κ3) is 5.59. The first-order valence-electron chi connectivity index (χ1n) is 7.29. The zero-order valence-electron chi connectivity index (χ0n) is 13.5. The van der Waals surface area contributed by atoms with E-state index in [1.807, 2.05) is 6.92 Å². The lowest BCUT2D eigenvalue weighted by Gasteiger charge is -2.12. The number of carboxylic acids is 1. The minimum Gasteiger partial charge on any atom is -0.484 e. The van der Waals surface area contributed by atoms with E-state index in [0.717, 1.165) is 5.56 Å². The first-order chi connectivity index (χ1) is 12.3. The number of anilines is 1. The van der Waals surface area contributed by atoms with Gasteiger partial charge in [0.2, 0.25) is 0 Å². The second kappa shape index (κ2) is 8.84. The van der Waals surface area contributed by atoms with Gasteiger partial charge in [-0.2, -0.15) is 0 Å². The highest BCUT2D eigenvalue weighted by Crippen LogP contribution is 2.21. The van der Waals surface area contributed by atoms with Crippen molar-refractivity contribution in [3.8, 4) is 5.75 Å². The number of carbonyl (C=O) groups is 2. The minimum atomic E-state index is -1.18. The third-order valence-electron chi connectivity index (χ3n) is 3.21. The number of thiocarbonyl (C=S) groups is 1. The molecule has 0 aromatic heterocycles. The van der Waals surface area contributed by atoms with Gasteiger partial charge in [0.15, 0.2) is 11.7 Å². The Labute approximate surface area is 165 Å². The summed E-state index contributed by atoms with van der Waals surface area (Å²) < 4.78 is 5.36. The molecule has 0 spiro atoms. The molecular weight excluding hydrogens is 399 g/mol. The van der Waals surface area contributed by atoms with Gasteiger partial charge < -0.3 is 15.2 Å². The summed E-state index contributed by atoms with van der Waals surface area (Å²) >= 11 is 16.7. The van der Waals surface area contributed by atoms with Crippen LogP contribution < -0.4 is 15.4 Å². The van der Waals surface area contributed by atoms with Gasteiger partial charge in [0.25, 0.3) is 5.91 Å². The Bertz CT molecular complexity index is 874. The molecule has 0 aliphatic rings. The molecule has 0 fully saturated rings. The SMILES string of the molecule is Cc1cc(OCC(=O)NC(=S)Nc2ccc(Cl)cc2C(=O)O)ccc1Cl. The van der Waals surface area contributed by atoms with Gasteiger partial charge in [-0.05, 0) is 61.1 Å². The van der Waals surface area contributed by atoms with Crippen molar-refractivity contribution >= 4 is 58.1 Å². The van der Waals surface area contributed by atoms with Gasteiger partial charge in [-0.1, -0.05) is 23.2 Å². The van der Waals surface area contributed by atoms with Crippen molar-refractivity contribution in [2.75, 3.05) is 11.9 Å². The second-order valence-electron chi connectivity index (χ2n) is 5.20. The van der Waals surface area contributed by atoms with E-state index in [2.05, 4.69) is 10.6 Å². The Kier molecular flexibility index (Phi) is 6.79. The number of halogens is 2. The number of rotatable bonds is 5. The average molecular weight is 413 g/mol. The fourth-order valence-electron chi connectivity index (χ4n) is 1.97. The largest absolute Gasteiger partial charge is 0.484 e. The number of benzene rings is 2. The van der Waals surface area contributed by atoms with Gasteiger partial charge >= 0.3 is 5.97 Å². The van der Waals surface area contributed by atoms with Crippen LogP contribution in [0.1, 0.15) is 15.9 Å². The van der Waals surface area contributed by atoms with Crippen molar-refractivity contribution in [1.29, 1.82) is 0 Å². The Morgan fingerprint density at radius 3 is 2.58 bits per heavy atom. The normalized spacial score (nSPS) is 10.1. The molecule has 3 N–H and O–H groups in total. The van der Waals surface area contributed by atoms with Gasteiger partial charge in [0.05, 0.1) is 11.3 Å². The molecule has 6 nitrogen and oxygen atoms in total. The molecule has 0 unspecified atom stereocenters. The molecule has 0 atom stereocenters. The van der Waals surface area contributed by atoms with Crippen LogP contribution in [0.3, 0.4) is 0 Å². The molecule has 136 valence electrons. The summed E-state index contributed by atoms with van der Waals surface area (Å²) in [5.41, 5.74) is 0.967. The summed E-state index contributed by atoms with van der Waals surface area (Å²) in [6, 6.07) is 9.27. The van der Waals surface area contributed by atoms with Gasteiger partial charge in [-0.15, -0.1) is 0 Å². The predicted octanol–water partition coefficient (Wildman–Crippen LogP) is 3.89. The van der Waals surface area contributed by atoms with Gasteiger partial charge in [0.1, 0.15) is 5.75 Å². The lowest BCUT2D eigenvalue weighted by molar-refractivity contribution is -0.121. The smallest absolute Gasteiger partial charge is 0.337 e. The highest BCUT2D eigenvalue weighted by atomic mass is 35.5. The number of ether oxygens (including phenoxy) is 1. The molecule has 2 rings (SSSR count). The van der Waals surface area contributed by atoms with Crippen LogP contribution >= 0.6 is 35.4 Å². The van der Waals surface area contributed by atoms with Crippen molar-refractivity contribution in [3.63, 3.8) is 0 Å². The zero-order chi connectivity index (χ0) is 19.3. The number of hydrogen-bond donors (Lipinski definition) is 3. The third-order valence-corrected chi connectivity index (χ3v) is 4.08. The maximum absolute atomic E-state index is 11.9. The number of amides is 1. The molecule has 0 aliphatic carbocycles. The molecule has 1 amide bonds. The summed E-state index contributed by atoms with van der Waals surface area (Å²) in [6.45, 7) is 1.55. The summed E-state index contributed by atoms with van der Waals surface area (Å²) in [7, 11) is 0. The molecule has 2 aromatic carbocycles. The van der Waals surface area contributed by atoms with Crippen LogP contribution in [0.5, 0.6) is 5.75 Å². The zero-order valence-corrected chi connectivity index (χ0v) is 15.8. The predicted molar refractivity (Wildman–Crippen MR) is 104 cm³/mol. The Hall–Kier alpha value is -2.35. The van der Waals surface area contributed by atoms with Crippen molar-refractivity contribution in [2.45, 2.75) is 6.92 Å². The monoisotopic (exact) mass is 412 g/mol. The highest BCUT2D eigenvalue weighted by molar-refractivity contribution is 7.80. The van der Waals surface area contributed by atoms with Crippen LogP contribution in [-0.4, -0.2) is 28.7 Å². The summed E-state index contributed by atoms with van der Waals surface area (Å²) in [5.74, 6) is -1.18. The molecule has 0 saturated heterocycles. The lowest BCUT2D eigenvalue weighted by Crippen LogP contribution is -2.37. The van der Waals surface area contributed by atoms with Gasteiger partial charge in [-0.25, -0.2) is 4.79 Å². The van der Waals surface area contributed by atoms with E-state index in [1.54, 1.807) is 18.2 Å². The van der Waals surface area contributed by atoms with E-state index >= 15 is 0 Å². The second-order valence-corrected chi connectivity index (χ2v) is 6.45. The molecule has 9 heteroatoms. The quantitative estimate of drug-likeness (QED) is 0.645. The topological polar surface area (TPSA) is 87.7 Å². The molecular formula is C17H14Cl2N2O4S. The van der Waals surface area contributed by atoms with Gasteiger partial charge in [-0.3, -0.25) is 10.1 Å². The Balaban J connectivity index is 1.92. The lowest BCUT2D eigenvalue weighted by atomic mass is 10.2. The Morgan fingerprint density at radius 1 is 1.19 bits per heavy atom. The average Bonchev–Trinajstić information content (AvgIpc) is 2.57. The number of carbonyl (C=O) groups excluding carboxylic acids is 1. The maximum Gasteiger partial charge on any atom is 0.337 e. The van der Waals surface area contributed by atoms with Crippen molar-refractivity contribution in [3.05, 3.63) is 57.6 Å². The maximum atomic E-state index is 11.9. The van der Waals surface area contributed by atoms with Crippen molar-refractivity contribution < 1.29 is 19.4 Å².